The van der Waals surface area contributed by atoms with Gasteiger partial charge in [-0.2, -0.15) is 0 Å². The van der Waals surface area contributed by atoms with Gasteiger partial charge < -0.3 is 44.8 Å². The first-order chi connectivity index (χ1) is 13.2. The number of esters is 2. The third-order valence-electron chi connectivity index (χ3n) is 3.86. The Labute approximate surface area is 159 Å². The number of ketones is 1. The van der Waals surface area contributed by atoms with Gasteiger partial charge in [0, 0.05) is 0 Å². The van der Waals surface area contributed by atoms with Gasteiger partial charge in [-0.05, 0) is 6.42 Å². The number of hydrogen-bond donors (Lipinski definition) is 6. The van der Waals surface area contributed by atoms with Gasteiger partial charge >= 0.3 is 11.9 Å². The van der Waals surface area contributed by atoms with Crippen molar-refractivity contribution in [3.05, 3.63) is 11.5 Å². The maximum Gasteiger partial charge on any atom is 0.379 e. The predicted octanol–water partition coefficient (Wildman–Crippen LogP) is -3.52. The number of rotatable bonds is 12. The minimum atomic E-state index is -2.92. The standard InChI is InChI=1S/C16H24O12/c1-2-3-4-26-11-13(27-14(24)9(21)6-18)16(10(22)7-19,28-15(11)25)12(23)8(20)5-17/h8-10,17-22H,2-7H2,1H3/t8?,9?,10-,16-/m0/s1. The Morgan fingerprint density at radius 1 is 1.07 bits per heavy atom. The van der Waals surface area contributed by atoms with E-state index in [1.165, 1.54) is 0 Å². The number of carbonyl (C=O) groups is 3. The van der Waals surface area contributed by atoms with Gasteiger partial charge in [0.1, 0.15) is 12.2 Å². The highest BCUT2D eigenvalue weighted by atomic mass is 16.6. The Bertz CT molecular complexity index is 615. The third kappa shape index (κ3) is 4.66. The average molecular weight is 408 g/mol. The van der Waals surface area contributed by atoms with E-state index in [1.54, 1.807) is 0 Å². The van der Waals surface area contributed by atoms with Crippen LogP contribution in [0.2, 0.25) is 0 Å². The summed E-state index contributed by atoms with van der Waals surface area (Å²) in [4.78, 5) is 36.8. The molecule has 6 N–H and O–H groups in total. The van der Waals surface area contributed by atoms with Crippen molar-refractivity contribution >= 4 is 17.7 Å². The number of unbranched alkanes of at least 4 members (excludes halogenated alkanes) is 1. The van der Waals surface area contributed by atoms with Crippen molar-refractivity contribution < 1.29 is 59.2 Å². The first-order valence-corrected chi connectivity index (χ1v) is 8.44. The molecule has 28 heavy (non-hydrogen) atoms. The summed E-state index contributed by atoms with van der Waals surface area (Å²) in [5.74, 6) is -6.17. The van der Waals surface area contributed by atoms with Crippen LogP contribution in [0.25, 0.3) is 0 Å². The minimum absolute atomic E-state index is 0.0768. The second kappa shape index (κ2) is 10.5. The van der Waals surface area contributed by atoms with Gasteiger partial charge in [-0.25, -0.2) is 9.59 Å². The molecule has 0 radical (unpaired) electrons. The van der Waals surface area contributed by atoms with E-state index in [0.717, 1.165) is 0 Å². The zero-order valence-electron chi connectivity index (χ0n) is 15.1. The molecule has 4 atom stereocenters. The van der Waals surface area contributed by atoms with E-state index >= 15 is 0 Å². The molecule has 2 unspecified atom stereocenters. The third-order valence-corrected chi connectivity index (χ3v) is 3.86. The molecule has 0 aliphatic carbocycles. The lowest BCUT2D eigenvalue weighted by molar-refractivity contribution is -0.182. The van der Waals surface area contributed by atoms with Gasteiger partial charge in [0.2, 0.25) is 17.3 Å². The van der Waals surface area contributed by atoms with E-state index in [-0.39, 0.29) is 6.61 Å². The highest BCUT2D eigenvalue weighted by Gasteiger charge is 2.63. The van der Waals surface area contributed by atoms with E-state index in [0.29, 0.717) is 12.8 Å². The Kier molecular flexibility index (Phi) is 8.94. The number of hydrogen-bond acceptors (Lipinski definition) is 12. The van der Waals surface area contributed by atoms with Crippen LogP contribution in [-0.4, -0.2) is 98.7 Å². The summed E-state index contributed by atoms with van der Waals surface area (Å²) in [7, 11) is 0. The van der Waals surface area contributed by atoms with Gasteiger partial charge in [-0.3, -0.25) is 4.79 Å². The van der Waals surface area contributed by atoms with Crippen LogP contribution in [0.1, 0.15) is 19.8 Å². The maximum atomic E-state index is 12.6. The van der Waals surface area contributed by atoms with Crippen molar-refractivity contribution in [1.82, 2.24) is 0 Å². The molecule has 12 heteroatoms. The predicted molar refractivity (Wildman–Crippen MR) is 87.1 cm³/mol. The maximum absolute atomic E-state index is 12.6. The van der Waals surface area contributed by atoms with Crippen molar-refractivity contribution in [2.45, 2.75) is 43.7 Å². The molecule has 0 spiro atoms. The summed E-state index contributed by atoms with van der Waals surface area (Å²) in [6, 6.07) is 0. The van der Waals surface area contributed by atoms with Crippen LogP contribution < -0.4 is 0 Å². The lowest BCUT2D eigenvalue weighted by Crippen LogP contribution is -2.58. The summed E-state index contributed by atoms with van der Waals surface area (Å²) in [5.41, 5.74) is -2.92. The van der Waals surface area contributed by atoms with Gasteiger partial charge in [-0.1, -0.05) is 13.3 Å². The molecule has 1 aliphatic heterocycles. The Morgan fingerprint density at radius 3 is 2.18 bits per heavy atom. The summed E-state index contributed by atoms with van der Waals surface area (Å²) in [6.07, 6.45) is -5.37. The molecular formula is C16H24O12. The molecule has 160 valence electrons. The van der Waals surface area contributed by atoms with Crippen LogP contribution in [0.4, 0.5) is 0 Å². The quantitative estimate of drug-likeness (QED) is 0.138. The molecule has 0 amide bonds. The molecular weight excluding hydrogens is 384 g/mol. The summed E-state index contributed by atoms with van der Waals surface area (Å²) in [6.45, 7) is -1.64. The number of aliphatic hydroxyl groups excluding tert-OH is 6. The number of ether oxygens (including phenoxy) is 3. The van der Waals surface area contributed by atoms with E-state index < -0.39 is 73.0 Å². The molecule has 0 fully saturated rings. The summed E-state index contributed by atoms with van der Waals surface area (Å²) in [5, 5.41) is 56.5. The van der Waals surface area contributed by atoms with Crippen LogP contribution in [0.3, 0.4) is 0 Å². The average Bonchev–Trinajstić information content (AvgIpc) is 2.98. The van der Waals surface area contributed by atoms with Crippen LogP contribution >= 0.6 is 0 Å². The van der Waals surface area contributed by atoms with Gasteiger partial charge in [0.05, 0.1) is 26.4 Å². The molecule has 0 saturated carbocycles. The van der Waals surface area contributed by atoms with Crippen LogP contribution in [-0.2, 0) is 28.6 Å². The fourth-order valence-corrected chi connectivity index (χ4v) is 2.31. The topological polar surface area (TPSA) is 200 Å². The van der Waals surface area contributed by atoms with Crippen molar-refractivity contribution in [2.24, 2.45) is 0 Å². The van der Waals surface area contributed by atoms with Gasteiger partial charge in [-0.15, -0.1) is 0 Å². The lowest BCUT2D eigenvalue weighted by Gasteiger charge is -2.32. The minimum Gasteiger partial charge on any atom is -0.484 e. The first-order valence-electron chi connectivity index (χ1n) is 8.44. The largest absolute Gasteiger partial charge is 0.484 e. The smallest absolute Gasteiger partial charge is 0.379 e. The summed E-state index contributed by atoms with van der Waals surface area (Å²) < 4.78 is 14.9. The highest BCUT2D eigenvalue weighted by molar-refractivity contribution is 6.04. The van der Waals surface area contributed by atoms with Gasteiger partial charge in [0.25, 0.3) is 5.60 Å². The monoisotopic (exact) mass is 408 g/mol. The lowest BCUT2D eigenvalue weighted by atomic mass is 9.87. The van der Waals surface area contributed by atoms with E-state index in [1.807, 2.05) is 6.92 Å². The molecule has 0 aromatic heterocycles. The van der Waals surface area contributed by atoms with E-state index in [4.69, 9.17) is 24.4 Å². The number of aliphatic hydroxyl groups is 6. The number of cyclic esters (lactones) is 1. The molecule has 12 nitrogen and oxygen atoms in total. The Balaban J connectivity index is 3.54. The first kappa shape index (κ1) is 23.9. The van der Waals surface area contributed by atoms with Crippen molar-refractivity contribution in [3.63, 3.8) is 0 Å². The molecule has 1 aliphatic rings. The fourth-order valence-electron chi connectivity index (χ4n) is 2.31. The summed E-state index contributed by atoms with van der Waals surface area (Å²) >= 11 is 0. The van der Waals surface area contributed by atoms with Gasteiger partial charge in [0.15, 0.2) is 6.10 Å². The second-order valence-electron chi connectivity index (χ2n) is 5.87. The van der Waals surface area contributed by atoms with Crippen molar-refractivity contribution in [2.75, 3.05) is 26.4 Å². The Morgan fingerprint density at radius 2 is 1.68 bits per heavy atom. The van der Waals surface area contributed by atoms with Crippen molar-refractivity contribution in [3.8, 4) is 0 Å². The fraction of sp³-hybridized carbons (Fsp3) is 0.688. The van der Waals surface area contributed by atoms with E-state index in [2.05, 4.69) is 0 Å². The number of Topliss-reactive ketones (excluding diaryl/α,β-unsaturated/α-hetero) is 1. The van der Waals surface area contributed by atoms with Crippen LogP contribution in [0.5, 0.6) is 0 Å². The SMILES string of the molecule is CCCCOC1=C(OC(=O)C(O)CO)[C@@](C(=O)C(O)CO)([C@@H](O)CO)OC1=O. The zero-order valence-corrected chi connectivity index (χ0v) is 15.1. The normalized spacial score (nSPS) is 22.5. The second-order valence-corrected chi connectivity index (χ2v) is 5.87. The number of carbonyl (C=O) groups excluding carboxylic acids is 3. The molecule has 0 bridgehead atoms. The molecule has 1 heterocycles. The van der Waals surface area contributed by atoms with Crippen LogP contribution in [0.15, 0.2) is 11.5 Å². The molecule has 0 aromatic carbocycles. The van der Waals surface area contributed by atoms with Crippen LogP contribution in [0, 0.1) is 0 Å². The molecule has 1 rings (SSSR count). The molecule has 0 aromatic rings. The Hall–Kier alpha value is -2.09. The molecule has 0 saturated heterocycles. The van der Waals surface area contributed by atoms with Crippen molar-refractivity contribution in [1.29, 1.82) is 0 Å². The van der Waals surface area contributed by atoms with E-state index in [9.17, 15) is 34.8 Å². The highest BCUT2D eigenvalue weighted by Crippen LogP contribution is 2.39. The zero-order chi connectivity index (χ0) is 21.5.